The molecule has 0 spiro atoms. The number of hydrogen-bond donors (Lipinski definition) is 0. The van der Waals surface area contributed by atoms with Gasteiger partial charge in [0.25, 0.3) is 0 Å². The summed E-state index contributed by atoms with van der Waals surface area (Å²) in [5, 5.41) is 1.81. The molecule has 0 saturated carbocycles. The van der Waals surface area contributed by atoms with Gasteiger partial charge in [0.2, 0.25) is 0 Å². The van der Waals surface area contributed by atoms with Gasteiger partial charge in [-0.05, 0) is 32.9 Å². The van der Waals surface area contributed by atoms with Crippen LogP contribution in [0.2, 0.25) is 12.1 Å². The van der Waals surface area contributed by atoms with E-state index in [9.17, 15) is 0 Å². The van der Waals surface area contributed by atoms with E-state index in [2.05, 4.69) is 31.7 Å². The van der Waals surface area contributed by atoms with Crippen molar-refractivity contribution in [3.05, 3.63) is 11.3 Å². The Morgan fingerprint density at radius 3 is 2.20 bits per heavy atom. The fraction of sp³-hybridized carbons (Fsp3) is 0.846. The van der Waals surface area contributed by atoms with Crippen molar-refractivity contribution in [2.75, 3.05) is 19.6 Å². The van der Waals surface area contributed by atoms with Crippen molar-refractivity contribution in [2.45, 2.75) is 52.1 Å². The summed E-state index contributed by atoms with van der Waals surface area (Å²) in [4.78, 5) is 2.67. The van der Waals surface area contributed by atoms with E-state index in [1.165, 1.54) is 51.0 Å². The monoisotopic (exact) mass is 225 g/mol. The molecule has 1 rings (SSSR count). The van der Waals surface area contributed by atoms with Crippen LogP contribution in [-0.4, -0.2) is 33.3 Å². The molecule has 1 heterocycles. The molecule has 1 saturated heterocycles. The van der Waals surface area contributed by atoms with E-state index in [4.69, 9.17) is 0 Å². The van der Waals surface area contributed by atoms with Crippen LogP contribution in [0.5, 0.6) is 0 Å². The molecule has 0 bridgehead atoms. The first-order valence-electron chi connectivity index (χ1n) is 6.69. The van der Waals surface area contributed by atoms with E-state index in [0.29, 0.717) is 0 Å². The third kappa shape index (κ3) is 4.11. The van der Waals surface area contributed by atoms with Gasteiger partial charge in [0, 0.05) is 6.54 Å². The molecular weight excluding hydrogens is 198 g/mol. The summed E-state index contributed by atoms with van der Waals surface area (Å²) in [6.45, 7) is 11.0. The molecule has 0 radical (unpaired) electrons. The second-order valence-electron chi connectivity index (χ2n) is 4.71. The number of nitrogens with zero attached hydrogens (tertiary/aromatic N) is 1. The molecule has 0 aromatic heterocycles. The van der Waals surface area contributed by atoms with E-state index in [-0.39, 0.29) is 0 Å². The first kappa shape index (κ1) is 13.0. The van der Waals surface area contributed by atoms with Crippen molar-refractivity contribution >= 4 is 8.80 Å². The smallest absolute Gasteiger partial charge is 0.0663 e. The lowest BCUT2D eigenvalue weighted by Crippen LogP contribution is -2.34. The zero-order valence-corrected chi connectivity index (χ0v) is 11.9. The van der Waals surface area contributed by atoms with E-state index >= 15 is 0 Å². The summed E-state index contributed by atoms with van der Waals surface area (Å²) >= 11 is 0. The molecule has 0 aromatic carbocycles. The molecule has 0 unspecified atom stereocenters. The summed E-state index contributed by atoms with van der Waals surface area (Å²) in [5.74, 6) is 0. The van der Waals surface area contributed by atoms with E-state index in [1.54, 1.807) is 0 Å². The molecule has 0 aromatic rings. The molecule has 88 valence electrons. The predicted molar refractivity (Wildman–Crippen MR) is 72.2 cm³/mol. The van der Waals surface area contributed by atoms with Gasteiger partial charge >= 0.3 is 0 Å². The molecule has 0 amide bonds. The number of allylic oxidation sites excluding steroid dienone is 1. The Bertz CT molecular complexity index is 191. The Hall–Kier alpha value is -0.0831. The first-order chi connectivity index (χ1) is 7.31. The lowest BCUT2D eigenvalue weighted by Gasteiger charge is -2.29. The van der Waals surface area contributed by atoms with Gasteiger partial charge in [-0.1, -0.05) is 43.6 Å². The van der Waals surface area contributed by atoms with Crippen molar-refractivity contribution in [3.8, 4) is 0 Å². The van der Waals surface area contributed by atoms with Crippen LogP contribution in [0.3, 0.4) is 0 Å². The zero-order chi connectivity index (χ0) is 11.1. The normalized spacial score (nSPS) is 19.9. The molecule has 0 N–H and O–H groups in total. The average Bonchev–Trinajstić information content (AvgIpc) is 2.30. The predicted octanol–water partition coefficient (Wildman–Crippen LogP) is 3.22. The quantitative estimate of drug-likeness (QED) is 0.649. The van der Waals surface area contributed by atoms with Crippen LogP contribution in [0.4, 0.5) is 0 Å². The van der Waals surface area contributed by atoms with Gasteiger partial charge in [0.1, 0.15) is 0 Å². The third-order valence-electron chi connectivity index (χ3n) is 3.74. The van der Waals surface area contributed by atoms with Crippen LogP contribution in [0, 0.1) is 0 Å². The van der Waals surface area contributed by atoms with Gasteiger partial charge in [0.15, 0.2) is 0 Å². The van der Waals surface area contributed by atoms with Gasteiger partial charge in [-0.2, -0.15) is 0 Å². The molecule has 1 aliphatic heterocycles. The van der Waals surface area contributed by atoms with Crippen molar-refractivity contribution in [3.63, 3.8) is 0 Å². The molecule has 0 atom stereocenters. The summed E-state index contributed by atoms with van der Waals surface area (Å²) in [5.41, 5.74) is 0. The number of hydrogen-bond acceptors (Lipinski definition) is 1. The third-order valence-corrected chi connectivity index (χ3v) is 7.27. The maximum atomic E-state index is 2.67. The van der Waals surface area contributed by atoms with Gasteiger partial charge < -0.3 is 0 Å². The Balaban J connectivity index is 2.44. The minimum absolute atomic E-state index is 0.559. The van der Waals surface area contributed by atoms with Crippen molar-refractivity contribution in [1.29, 1.82) is 0 Å². The lowest BCUT2D eigenvalue weighted by molar-refractivity contribution is 0.249. The van der Waals surface area contributed by atoms with Crippen LogP contribution < -0.4 is 0 Å². The van der Waals surface area contributed by atoms with E-state index in [1.807, 2.05) is 5.20 Å². The maximum absolute atomic E-state index is 2.67. The molecule has 0 aliphatic carbocycles. The lowest BCUT2D eigenvalue weighted by atomic mass is 10.1. The Morgan fingerprint density at radius 1 is 1.13 bits per heavy atom. The minimum atomic E-state index is -0.559. The summed E-state index contributed by atoms with van der Waals surface area (Å²) in [7, 11) is -0.559. The van der Waals surface area contributed by atoms with Crippen LogP contribution in [-0.2, 0) is 0 Å². The Morgan fingerprint density at radius 2 is 1.73 bits per heavy atom. The van der Waals surface area contributed by atoms with Crippen molar-refractivity contribution < 1.29 is 0 Å². The molecule has 1 fully saturated rings. The van der Waals surface area contributed by atoms with Gasteiger partial charge in [-0.3, -0.25) is 4.90 Å². The number of likely N-dealkylation sites (tertiary alicyclic amines) is 1. The molecule has 2 heteroatoms. The Labute approximate surface area is 97.2 Å². The largest absolute Gasteiger partial charge is 0.300 e. The van der Waals surface area contributed by atoms with Crippen LogP contribution in [0.25, 0.3) is 0 Å². The van der Waals surface area contributed by atoms with Crippen LogP contribution in [0.1, 0.15) is 40.0 Å². The summed E-state index contributed by atoms with van der Waals surface area (Å²) in [6, 6.07) is 2.87. The zero-order valence-electron chi connectivity index (χ0n) is 10.8. The second-order valence-corrected chi connectivity index (χ2v) is 8.48. The molecule has 1 nitrogen and oxygen atoms in total. The van der Waals surface area contributed by atoms with Crippen molar-refractivity contribution in [1.82, 2.24) is 4.90 Å². The van der Waals surface area contributed by atoms with E-state index in [0.717, 1.165) is 0 Å². The summed E-state index contributed by atoms with van der Waals surface area (Å²) in [6.07, 6.45) is 6.70. The molecular formula is C13H27NSi. The minimum Gasteiger partial charge on any atom is -0.300 e. The topological polar surface area (TPSA) is 3.24 Å². The first-order valence-corrected chi connectivity index (χ1v) is 8.90. The highest BCUT2D eigenvalue weighted by Crippen LogP contribution is 2.15. The molecule has 1 aliphatic rings. The highest BCUT2D eigenvalue weighted by Gasteiger charge is 2.16. The van der Waals surface area contributed by atoms with Crippen LogP contribution in [0.15, 0.2) is 11.3 Å². The number of rotatable bonds is 5. The summed E-state index contributed by atoms with van der Waals surface area (Å²) < 4.78 is 0. The standard InChI is InChI=1S/C13H27NSi/c1-4-13(15(5-2)6-3)12-14-10-8-7-9-11-14/h4,15H,5-12H2,1-3H3. The number of piperidine rings is 1. The maximum Gasteiger partial charge on any atom is 0.0663 e. The SMILES string of the molecule is CC=C(CN1CCCCC1)[SiH](CC)CC. The van der Waals surface area contributed by atoms with E-state index < -0.39 is 8.80 Å². The van der Waals surface area contributed by atoms with Gasteiger partial charge in [-0.15, -0.1) is 0 Å². The fourth-order valence-electron chi connectivity index (χ4n) is 2.64. The Kier molecular flexibility index (Phi) is 6.26. The second kappa shape index (κ2) is 7.23. The van der Waals surface area contributed by atoms with Gasteiger partial charge in [-0.25, -0.2) is 0 Å². The fourth-order valence-corrected chi connectivity index (χ4v) is 5.26. The highest BCUT2D eigenvalue weighted by molar-refractivity contribution is 6.66. The molecule has 15 heavy (non-hydrogen) atoms. The average molecular weight is 225 g/mol. The highest BCUT2D eigenvalue weighted by atomic mass is 28.3. The van der Waals surface area contributed by atoms with Crippen molar-refractivity contribution in [2.24, 2.45) is 0 Å². The van der Waals surface area contributed by atoms with Crippen LogP contribution >= 0.6 is 0 Å². The van der Waals surface area contributed by atoms with Gasteiger partial charge in [0.05, 0.1) is 8.80 Å².